The molecule has 1 amide bonds. The number of aromatic nitrogens is 1. The Morgan fingerprint density at radius 3 is 2.78 bits per heavy atom. The number of hydrogen-bond acceptors (Lipinski definition) is 5. The van der Waals surface area contributed by atoms with Crippen molar-refractivity contribution in [2.75, 3.05) is 12.8 Å². The van der Waals surface area contributed by atoms with Gasteiger partial charge in [0.05, 0.1) is 22.4 Å². The first-order valence-electron chi connectivity index (χ1n) is 7.52. The molecule has 0 spiro atoms. The Labute approximate surface area is 134 Å². The fourth-order valence-electron chi connectivity index (χ4n) is 3.13. The number of hydrogen-bond donors (Lipinski definition) is 0. The van der Waals surface area contributed by atoms with Gasteiger partial charge in [0, 0.05) is 13.0 Å². The van der Waals surface area contributed by atoms with Crippen LogP contribution in [-0.2, 0) is 9.84 Å². The summed E-state index contributed by atoms with van der Waals surface area (Å²) in [4.78, 5) is 14.6. The van der Waals surface area contributed by atoms with Gasteiger partial charge in [0.15, 0.2) is 9.84 Å². The highest BCUT2D eigenvalue weighted by atomic mass is 32.2. The van der Waals surface area contributed by atoms with Gasteiger partial charge in [-0.2, -0.15) is 0 Å². The maximum Gasteiger partial charge on any atom is 0.259 e. The third kappa shape index (κ3) is 2.26. The summed E-state index contributed by atoms with van der Waals surface area (Å²) in [5, 5.41) is 3.94. The molecule has 0 bridgehead atoms. The monoisotopic (exact) mass is 332 g/mol. The van der Waals surface area contributed by atoms with Crippen LogP contribution in [0.2, 0.25) is 0 Å². The average molecular weight is 332 g/mol. The Balaban J connectivity index is 1.69. The molecule has 1 aliphatic heterocycles. The summed E-state index contributed by atoms with van der Waals surface area (Å²) in [6, 6.07) is 6.37. The standard InChI is InChI=1S/C16H16N2O4S/c1-18(16(19)12-8-22-17-15(12)10-6-7-10)13-9-23(20,21)14-5-3-2-4-11(13)14/h2-5,8,10,13H,6-7,9H2,1H3. The number of carbonyl (C=O) groups is 1. The zero-order valence-corrected chi connectivity index (χ0v) is 13.4. The van der Waals surface area contributed by atoms with Gasteiger partial charge in [-0.15, -0.1) is 0 Å². The molecule has 120 valence electrons. The minimum absolute atomic E-state index is 0.0847. The Bertz CT molecular complexity index is 883. The molecule has 0 radical (unpaired) electrons. The second kappa shape index (κ2) is 4.92. The molecule has 2 aromatic rings. The molecule has 23 heavy (non-hydrogen) atoms. The van der Waals surface area contributed by atoms with E-state index in [1.54, 1.807) is 31.3 Å². The molecular formula is C16H16N2O4S. The smallest absolute Gasteiger partial charge is 0.259 e. The summed E-state index contributed by atoms with van der Waals surface area (Å²) in [6.07, 6.45) is 3.39. The van der Waals surface area contributed by atoms with Crippen molar-refractivity contribution in [3.63, 3.8) is 0 Å². The fourth-order valence-corrected chi connectivity index (χ4v) is 4.98. The second-order valence-electron chi connectivity index (χ2n) is 6.14. The van der Waals surface area contributed by atoms with E-state index in [4.69, 9.17) is 4.52 Å². The van der Waals surface area contributed by atoms with E-state index in [-0.39, 0.29) is 11.7 Å². The third-order valence-corrected chi connectivity index (χ3v) is 6.37. The number of amides is 1. The van der Waals surface area contributed by atoms with E-state index in [0.717, 1.165) is 12.8 Å². The Hall–Kier alpha value is -2.15. The van der Waals surface area contributed by atoms with E-state index in [9.17, 15) is 13.2 Å². The molecule has 1 fully saturated rings. The molecule has 1 aromatic carbocycles. The quantitative estimate of drug-likeness (QED) is 0.860. The van der Waals surface area contributed by atoms with Crippen LogP contribution in [0.25, 0.3) is 0 Å². The molecule has 0 saturated heterocycles. The van der Waals surface area contributed by atoms with Crippen LogP contribution < -0.4 is 0 Å². The molecule has 1 saturated carbocycles. The van der Waals surface area contributed by atoms with Crippen molar-refractivity contribution >= 4 is 15.7 Å². The lowest BCUT2D eigenvalue weighted by Crippen LogP contribution is -2.32. The molecule has 0 N–H and O–H groups in total. The topological polar surface area (TPSA) is 80.5 Å². The first-order chi connectivity index (χ1) is 11.0. The second-order valence-corrected chi connectivity index (χ2v) is 8.14. The molecule has 1 aliphatic carbocycles. The van der Waals surface area contributed by atoms with Crippen molar-refractivity contribution in [1.29, 1.82) is 0 Å². The summed E-state index contributed by atoms with van der Waals surface area (Å²) >= 11 is 0. The Morgan fingerprint density at radius 2 is 2.04 bits per heavy atom. The summed E-state index contributed by atoms with van der Waals surface area (Å²) in [5.41, 5.74) is 1.81. The summed E-state index contributed by atoms with van der Waals surface area (Å²) in [7, 11) is -1.72. The minimum Gasteiger partial charge on any atom is -0.364 e. The van der Waals surface area contributed by atoms with Crippen molar-refractivity contribution in [2.24, 2.45) is 0 Å². The fraction of sp³-hybridized carbons (Fsp3) is 0.375. The van der Waals surface area contributed by atoms with Crippen LogP contribution in [0.3, 0.4) is 0 Å². The predicted octanol–water partition coefficient (Wildman–Crippen LogP) is 2.15. The van der Waals surface area contributed by atoms with E-state index >= 15 is 0 Å². The van der Waals surface area contributed by atoms with E-state index in [1.807, 2.05) is 0 Å². The summed E-state index contributed by atoms with van der Waals surface area (Å²) in [6.45, 7) is 0. The van der Waals surface area contributed by atoms with Gasteiger partial charge >= 0.3 is 0 Å². The van der Waals surface area contributed by atoms with E-state index < -0.39 is 15.9 Å². The lowest BCUT2D eigenvalue weighted by atomic mass is 10.1. The first kappa shape index (κ1) is 14.4. The number of fused-ring (bicyclic) bond motifs is 1. The van der Waals surface area contributed by atoms with Crippen molar-refractivity contribution in [2.45, 2.75) is 29.7 Å². The molecule has 4 rings (SSSR count). The van der Waals surface area contributed by atoms with Crippen LogP contribution in [-0.4, -0.2) is 37.2 Å². The first-order valence-corrected chi connectivity index (χ1v) is 9.17. The Morgan fingerprint density at radius 1 is 1.30 bits per heavy atom. The zero-order chi connectivity index (χ0) is 16.2. The summed E-state index contributed by atoms with van der Waals surface area (Å²) in [5.74, 6) is -0.0377. The minimum atomic E-state index is -3.35. The molecule has 6 nitrogen and oxygen atoms in total. The van der Waals surface area contributed by atoms with Gasteiger partial charge in [0.25, 0.3) is 5.91 Å². The van der Waals surface area contributed by atoms with Crippen LogP contribution in [0.1, 0.15) is 46.4 Å². The predicted molar refractivity (Wildman–Crippen MR) is 81.8 cm³/mol. The number of carbonyl (C=O) groups excluding carboxylic acids is 1. The Kier molecular flexibility index (Phi) is 3.09. The highest BCUT2D eigenvalue weighted by Crippen LogP contribution is 2.42. The SMILES string of the molecule is CN(C(=O)c1conc1C1CC1)C1CS(=O)(=O)c2ccccc21. The van der Waals surface area contributed by atoms with Crippen LogP contribution in [0, 0.1) is 0 Å². The normalized spacial score (nSPS) is 21.9. The van der Waals surface area contributed by atoms with Gasteiger partial charge in [-0.05, 0) is 24.5 Å². The molecule has 1 unspecified atom stereocenters. The number of nitrogens with zero attached hydrogens (tertiary/aromatic N) is 2. The molecule has 2 aliphatic rings. The van der Waals surface area contributed by atoms with Crippen molar-refractivity contribution < 1.29 is 17.7 Å². The number of benzene rings is 1. The third-order valence-electron chi connectivity index (χ3n) is 4.57. The molecule has 1 atom stereocenters. The van der Waals surface area contributed by atoms with Crippen LogP contribution in [0.5, 0.6) is 0 Å². The van der Waals surface area contributed by atoms with Crippen LogP contribution in [0.15, 0.2) is 39.9 Å². The maximum absolute atomic E-state index is 12.8. The van der Waals surface area contributed by atoms with Crippen LogP contribution >= 0.6 is 0 Å². The van der Waals surface area contributed by atoms with Crippen molar-refractivity contribution in [1.82, 2.24) is 10.1 Å². The maximum atomic E-state index is 12.8. The highest BCUT2D eigenvalue weighted by molar-refractivity contribution is 7.91. The molecule has 1 aromatic heterocycles. The van der Waals surface area contributed by atoms with Crippen molar-refractivity contribution in [3.8, 4) is 0 Å². The molecule has 2 heterocycles. The van der Waals surface area contributed by atoms with E-state index in [2.05, 4.69) is 5.16 Å². The van der Waals surface area contributed by atoms with Gasteiger partial charge in [-0.1, -0.05) is 23.4 Å². The van der Waals surface area contributed by atoms with Gasteiger partial charge in [-0.3, -0.25) is 4.79 Å². The van der Waals surface area contributed by atoms with Gasteiger partial charge in [0.2, 0.25) is 0 Å². The van der Waals surface area contributed by atoms with Gasteiger partial charge < -0.3 is 9.42 Å². The van der Waals surface area contributed by atoms with Crippen LogP contribution in [0.4, 0.5) is 0 Å². The van der Waals surface area contributed by atoms with E-state index in [0.29, 0.717) is 27.6 Å². The molecule has 7 heteroatoms. The summed E-state index contributed by atoms with van der Waals surface area (Å²) < 4.78 is 29.6. The van der Waals surface area contributed by atoms with Gasteiger partial charge in [0.1, 0.15) is 11.8 Å². The number of rotatable bonds is 3. The lowest BCUT2D eigenvalue weighted by Gasteiger charge is -2.24. The lowest BCUT2D eigenvalue weighted by molar-refractivity contribution is 0.0744. The molecular weight excluding hydrogens is 316 g/mol. The average Bonchev–Trinajstić information content (AvgIpc) is 3.20. The van der Waals surface area contributed by atoms with Gasteiger partial charge in [-0.25, -0.2) is 8.42 Å². The highest BCUT2D eigenvalue weighted by Gasteiger charge is 2.40. The largest absolute Gasteiger partial charge is 0.364 e. The van der Waals surface area contributed by atoms with Crippen molar-refractivity contribution in [3.05, 3.63) is 47.3 Å². The zero-order valence-electron chi connectivity index (χ0n) is 12.6. The number of sulfone groups is 1. The van der Waals surface area contributed by atoms with E-state index in [1.165, 1.54) is 11.2 Å².